The zero-order valence-corrected chi connectivity index (χ0v) is 14.2. The molecule has 0 unspecified atom stereocenters. The number of methoxy groups -OCH3 is 1. The molecule has 1 amide bonds. The van der Waals surface area contributed by atoms with Crippen LogP contribution in [-0.4, -0.2) is 30.2 Å². The standard InChI is InChI=1S/C19H18FNO5/c1-12(19(24)21-15-7-5-14(20)6-8-15)26-18(23)10-4-13-3-9-16(22)17(11-13)25-2/h3-12,22H,1-2H3,(H,21,24)/b10-4+/t12-/m1/s1. The highest BCUT2D eigenvalue weighted by Crippen LogP contribution is 2.26. The van der Waals surface area contributed by atoms with Crippen molar-refractivity contribution >= 4 is 23.6 Å². The summed E-state index contributed by atoms with van der Waals surface area (Å²) in [4.78, 5) is 23.8. The predicted molar refractivity (Wildman–Crippen MR) is 94.3 cm³/mol. The van der Waals surface area contributed by atoms with Crippen LogP contribution < -0.4 is 10.1 Å². The molecule has 2 aromatic carbocycles. The van der Waals surface area contributed by atoms with Crippen molar-refractivity contribution in [1.82, 2.24) is 0 Å². The van der Waals surface area contributed by atoms with Crippen molar-refractivity contribution in [2.24, 2.45) is 0 Å². The molecule has 2 rings (SSSR count). The van der Waals surface area contributed by atoms with Crippen LogP contribution in [0.15, 0.2) is 48.5 Å². The summed E-state index contributed by atoms with van der Waals surface area (Å²) in [6.45, 7) is 1.42. The zero-order chi connectivity index (χ0) is 19.1. The highest BCUT2D eigenvalue weighted by molar-refractivity contribution is 5.96. The molecule has 0 spiro atoms. The number of phenols is 1. The van der Waals surface area contributed by atoms with Crippen LogP contribution in [0.4, 0.5) is 10.1 Å². The first-order valence-corrected chi connectivity index (χ1v) is 7.71. The third-order valence-electron chi connectivity index (χ3n) is 3.39. The van der Waals surface area contributed by atoms with Gasteiger partial charge in [-0.3, -0.25) is 4.79 Å². The molecule has 7 heteroatoms. The second kappa shape index (κ2) is 8.66. The third kappa shape index (κ3) is 5.34. The van der Waals surface area contributed by atoms with Crippen LogP contribution in [0.3, 0.4) is 0 Å². The molecule has 136 valence electrons. The maximum absolute atomic E-state index is 12.8. The van der Waals surface area contributed by atoms with Gasteiger partial charge in [-0.25, -0.2) is 9.18 Å². The third-order valence-corrected chi connectivity index (χ3v) is 3.39. The number of carbonyl (C=O) groups is 2. The zero-order valence-electron chi connectivity index (χ0n) is 14.2. The number of aromatic hydroxyl groups is 1. The number of rotatable bonds is 6. The Morgan fingerprint density at radius 3 is 2.54 bits per heavy atom. The Labute approximate surface area is 149 Å². The lowest BCUT2D eigenvalue weighted by Gasteiger charge is -2.12. The summed E-state index contributed by atoms with van der Waals surface area (Å²) in [6, 6.07) is 9.79. The number of carbonyl (C=O) groups excluding carboxylic acids is 2. The molecule has 2 aromatic rings. The number of esters is 1. The maximum atomic E-state index is 12.8. The first-order chi connectivity index (χ1) is 12.4. The van der Waals surface area contributed by atoms with Gasteiger partial charge in [-0.05, 0) is 55.0 Å². The highest BCUT2D eigenvalue weighted by Gasteiger charge is 2.16. The number of amides is 1. The van der Waals surface area contributed by atoms with Crippen LogP contribution in [0.1, 0.15) is 12.5 Å². The van der Waals surface area contributed by atoms with Crippen LogP contribution in [-0.2, 0) is 14.3 Å². The molecular weight excluding hydrogens is 341 g/mol. The summed E-state index contributed by atoms with van der Waals surface area (Å²) in [5.41, 5.74) is 1.01. The van der Waals surface area contributed by atoms with E-state index in [1.807, 2.05) is 0 Å². The van der Waals surface area contributed by atoms with E-state index in [-0.39, 0.29) is 11.5 Å². The average Bonchev–Trinajstić information content (AvgIpc) is 2.62. The molecular formula is C19H18FNO5. The molecule has 2 N–H and O–H groups in total. The van der Waals surface area contributed by atoms with Gasteiger partial charge in [0, 0.05) is 11.8 Å². The lowest BCUT2D eigenvalue weighted by molar-refractivity contribution is -0.148. The maximum Gasteiger partial charge on any atom is 0.331 e. The number of phenolic OH excluding ortho intramolecular Hbond substituents is 1. The van der Waals surface area contributed by atoms with Gasteiger partial charge in [0.25, 0.3) is 5.91 Å². The lowest BCUT2D eigenvalue weighted by atomic mass is 10.2. The van der Waals surface area contributed by atoms with Gasteiger partial charge in [-0.1, -0.05) is 6.07 Å². The number of hydrogen-bond acceptors (Lipinski definition) is 5. The van der Waals surface area contributed by atoms with Crippen molar-refractivity contribution in [3.63, 3.8) is 0 Å². The van der Waals surface area contributed by atoms with Gasteiger partial charge < -0.3 is 19.9 Å². The smallest absolute Gasteiger partial charge is 0.331 e. The van der Waals surface area contributed by atoms with E-state index in [0.717, 1.165) is 6.08 Å². The van der Waals surface area contributed by atoms with Crippen molar-refractivity contribution in [3.05, 3.63) is 59.9 Å². The van der Waals surface area contributed by atoms with E-state index in [9.17, 15) is 19.1 Å². The Morgan fingerprint density at radius 1 is 1.19 bits per heavy atom. The fraction of sp³-hybridized carbons (Fsp3) is 0.158. The van der Waals surface area contributed by atoms with Gasteiger partial charge >= 0.3 is 5.97 Å². The topological polar surface area (TPSA) is 84.9 Å². The van der Waals surface area contributed by atoms with Gasteiger partial charge in [-0.15, -0.1) is 0 Å². The molecule has 0 saturated carbocycles. The van der Waals surface area contributed by atoms with E-state index >= 15 is 0 Å². The molecule has 0 aliphatic rings. The molecule has 0 aliphatic heterocycles. The SMILES string of the molecule is COc1cc(/C=C/C(=O)O[C@H](C)C(=O)Nc2ccc(F)cc2)ccc1O. The Morgan fingerprint density at radius 2 is 1.88 bits per heavy atom. The number of benzene rings is 2. The summed E-state index contributed by atoms with van der Waals surface area (Å²) in [5.74, 6) is -1.41. The number of ether oxygens (including phenoxy) is 2. The van der Waals surface area contributed by atoms with E-state index in [1.165, 1.54) is 50.4 Å². The largest absolute Gasteiger partial charge is 0.504 e. The fourth-order valence-corrected chi connectivity index (χ4v) is 2.01. The van der Waals surface area contributed by atoms with Crippen LogP contribution in [0.25, 0.3) is 6.08 Å². The Bertz CT molecular complexity index is 817. The van der Waals surface area contributed by atoms with Crippen LogP contribution in [0.5, 0.6) is 11.5 Å². The molecule has 0 radical (unpaired) electrons. The number of hydrogen-bond donors (Lipinski definition) is 2. The number of halogens is 1. The van der Waals surface area contributed by atoms with Crippen molar-refractivity contribution in [2.45, 2.75) is 13.0 Å². The molecule has 0 saturated heterocycles. The minimum absolute atomic E-state index is 0.0155. The quantitative estimate of drug-likeness (QED) is 0.611. The van der Waals surface area contributed by atoms with Crippen LogP contribution in [0.2, 0.25) is 0 Å². The van der Waals surface area contributed by atoms with Gasteiger partial charge in [0.2, 0.25) is 0 Å². The van der Waals surface area contributed by atoms with E-state index in [0.29, 0.717) is 11.3 Å². The molecule has 0 bridgehead atoms. The fourth-order valence-electron chi connectivity index (χ4n) is 2.01. The second-order valence-corrected chi connectivity index (χ2v) is 5.34. The van der Waals surface area contributed by atoms with Crippen LogP contribution >= 0.6 is 0 Å². The van der Waals surface area contributed by atoms with Gasteiger partial charge in [-0.2, -0.15) is 0 Å². The van der Waals surface area contributed by atoms with E-state index in [1.54, 1.807) is 12.1 Å². The summed E-state index contributed by atoms with van der Waals surface area (Å²) < 4.78 is 22.8. The monoisotopic (exact) mass is 359 g/mol. The number of anilines is 1. The molecule has 26 heavy (non-hydrogen) atoms. The molecule has 0 heterocycles. The molecule has 6 nitrogen and oxygen atoms in total. The van der Waals surface area contributed by atoms with Crippen LogP contribution in [0, 0.1) is 5.82 Å². The summed E-state index contributed by atoms with van der Waals surface area (Å²) in [5, 5.41) is 12.0. The van der Waals surface area contributed by atoms with Gasteiger partial charge in [0.05, 0.1) is 7.11 Å². The highest BCUT2D eigenvalue weighted by atomic mass is 19.1. The van der Waals surface area contributed by atoms with Gasteiger partial charge in [0.15, 0.2) is 17.6 Å². The van der Waals surface area contributed by atoms with Gasteiger partial charge in [0.1, 0.15) is 5.82 Å². The Kier molecular flexibility index (Phi) is 6.32. The van der Waals surface area contributed by atoms with Crippen molar-refractivity contribution in [2.75, 3.05) is 12.4 Å². The minimum Gasteiger partial charge on any atom is -0.504 e. The van der Waals surface area contributed by atoms with Crippen molar-refractivity contribution in [3.8, 4) is 11.5 Å². The minimum atomic E-state index is -1.04. The summed E-state index contributed by atoms with van der Waals surface area (Å²) in [7, 11) is 1.41. The molecule has 0 aromatic heterocycles. The van der Waals surface area contributed by atoms with E-state index < -0.39 is 23.8 Å². The predicted octanol–water partition coefficient (Wildman–Crippen LogP) is 3.12. The Hall–Kier alpha value is -3.35. The van der Waals surface area contributed by atoms with Crippen molar-refractivity contribution in [1.29, 1.82) is 0 Å². The number of nitrogens with one attached hydrogen (secondary N) is 1. The summed E-state index contributed by atoms with van der Waals surface area (Å²) in [6.07, 6.45) is 1.59. The lowest BCUT2D eigenvalue weighted by Crippen LogP contribution is -2.29. The first-order valence-electron chi connectivity index (χ1n) is 7.71. The van der Waals surface area contributed by atoms with E-state index in [4.69, 9.17) is 9.47 Å². The molecule has 0 aliphatic carbocycles. The van der Waals surface area contributed by atoms with Crippen molar-refractivity contribution < 1.29 is 28.6 Å². The second-order valence-electron chi connectivity index (χ2n) is 5.34. The normalized spacial score (nSPS) is 11.8. The molecule has 0 fully saturated rings. The summed E-state index contributed by atoms with van der Waals surface area (Å²) >= 11 is 0. The Balaban J connectivity index is 1.91. The molecule has 1 atom stereocenters. The van der Waals surface area contributed by atoms with E-state index in [2.05, 4.69) is 5.32 Å². The first kappa shape index (κ1) is 19.0. The average molecular weight is 359 g/mol.